The number of aliphatic hydroxyl groups is 1. The zero-order valence-corrected chi connectivity index (χ0v) is 12.2. The molecule has 1 aromatic rings. The maximum Gasteiger partial charge on any atom is 0.179 e. The number of ketones is 1. The SMILES string of the molecule is CC(C(=O)c1cccc(Cl)c1)N1CCCC(C)(O)C1. The van der Waals surface area contributed by atoms with E-state index in [2.05, 4.69) is 0 Å². The molecule has 0 spiro atoms. The second kappa shape index (κ2) is 5.61. The normalized spacial score (nSPS) is 26.1. The predicted molar refractivity (Wildman–Crippen MR) is 76.7 cm³/mol. The Morgan fingerprint density at radius 2 is 2.26 bits per heavy atom. The summed E-state index contributed by atoms with van der Waals surface area (Å²) in [5.41, 5.74) is -0.0635. The number of benzene rings is 1. The second-order valence-electron chi connectivity index (χ2n) is 5.62. The average Bonchev–Trinajstić information content (AvgIpc) is 2.36. The van der Waals surface area contributed by atoms with Crippen molar-refractivity contribution in [2.75, 3.05) is 13.1 Å². The zero-order chi connectivity index (χ0) is 14.0. The molecule has 1 saturated heterocycles. The Morgan fingerprint density at radius 3 is 2.89 bits per heavy atom. The number of likely N-dealkylation sites (tertiary alicyclic amines) is 1. The van der Waals surface area contributed by atoms with Gasteiger partial charge < -0.3 is 5.11 Å². The van der Waals surface area contributed by atoms with E-state index in [1.807, 2.05) is 18.7 Å². The summed E-state index contributed by atoms with van der Waals surface area (Å²) in [5.74, 6) is 0.0557. The molecule has 1 aliphatic rings. The van der Waals surface area contributed by atoms with Gasteiger partial charge in [0, 0.05) is 17.1 Å². The van der Waals surface area contributed by atoms with Crippen molar-refractivity contribution in [3.8, 4) is 0 Å². The molecular weight excluding hydrogens is 262 g/mol. The third-order valence-corrected chi connectivity index (χ3v) is 3.98. The van der Waals surface area contributed by atoms with Crippen molar-refractivity contribution < 1.29 is 9.90 Å². The van der Waals surface area contributed by atoms with Crippen LogP contribution in [0.3, 0.4) is 0 Å². The van der Waals surface area contributed by atoms with E-state index in [9.17, 15) is 9.90 Å². The lowest BCUT2D eigenvalue weighted by atomic mass is 9.92. The Bertz CT molecular complexity index is 473. The predicted octanol–water partition coefficient (Wildman–Crippen LogP) is 2.76. The van der Waals surface area contributed by atoms with Gasteiger partial charge in [-0.25, -0.2) is 0 Å². The maximum atomic E-state index is 12.4. The van der Waals surface area contributed by atoms with Gasteiger partial charge in [0.25, 0.3) is 0 Å². The summed E-state index contributed by atoms with van der Waals surface area (Å²) >= 11 is 5.92. The van der Waals surface area contributed by atoms with Gasteiger partial charge in [-0.2, -0.15) is 0 Å². The third kappa shape index (κ3) is 3.56. The summed E-state index contributed by atoms with van der Waals surface area (Å²) in [6.45, 7) is 5.12. The van der Waals surface area contributed by atoms with Crippen LogP contribution in [-0.2, 0) is 0 Å². The lowest BCUT2D eigenvalue weighted by molar-refractivity contribution is -0.0242. The van der Waals surface area contributed by atoms with Crippen LogP contribution in [0.15, 0.2) is 24.3 Å². The summed E-state index contributed by atoms with van der Waals surface area (Å²) < 4.78 is 0. The first-order chi connectivity index (χ1) is 8.89. The number of β-amino-alcohol motifs (C(OH)–C–C–N with tert-alkyl or cyclic N) is 1. The van der Waals surface area contributed by atoms with Crippen molar-refractivity contribution in [2.24, 2.45) is 0 Å². The highest BCUT2D eigenvalue weighted by atomic mass is 35.5. The van der Waals surface area contributed by atoms with E-state index in [0.717, 1.165) is 19.4 Å². The number of Topliss-reactive ketones (excluding diaryl/α,β-unsaturated/α-hetero) is 1. The zero-order valence-electron chi connectivity index (χ0n) is 11.4. The number of carbonyl (C=O) groups excluding carboxylic acids is 1. The molecule has 0 saturated carbocycles. The van der Waals surface area contributed by atoms with Gasteiger partial charge in [0.15, 0.2) is 5.78 Å². The summed E-state index contributed by atoms with van der Waals surface area (Å²) in [7, 11) is 0. The molecule has 1 N–H and O–H groups in total. The van der Waals surface area contributed by atoms with Crippen molar-refractivity contribution in [3.05, 3.63) is 34.9 Å². The highest BCUT2D eigenvalue weighted by Gasteiger charge is 2.33. The second-order valence-corrected chi connectivity index (χ2v) is 6.06. The summed E-state index contributed by atoms with van der Waals surface area (Å²) in [4.78, 5) is 14.5. The molecule has 1 fully saturated rings. The van der Waals surface area contributed by atoms with Gasteiger partial charge in [0.1, 0.15) is 0 Å². The molecular formula is C15H20ClNO2. The number of piperidine rings is 1. The molecule has 3 nitrogen and oxygen atoms in total. The molecule has 1 heterocycles. The van der Waals surface area contributed by atoms with Crippen LogP contribution in [0.4, 0.5) is 0 Å². The number of nitrogens with zero attached hydrogens (tertiary/aromatic N) is 1. The van der Waals surface area contributed by atoms with Gasteiger partial charge in [-0.05, 0) is 45.4 Å². The fourth-order valence-corrected chi connectivity index (χ4v) is 2.83. The van der Waals surface area contributed by atoms with Crippen molar-refractivity contribution in [3.63, 3.8) is 0 Å². The largest absolute Gasteiger partial charge is 0.389 e. The van der Waals surface area contributed by atoms with Crippen LogP contribution in [0.5, 0.6) is 0 Å². The van der Waals surface area contributed by atoms with E-state index >= 15 is 0 Å². The molecule has 1 aliphatic heterocycles. The minimum Gasteiger partial charge on any atom is -0.389 e. The van der Waals surface area contributed by atoms with E-state index in [0.29, 0.717) is 17.1 Å². The van der Waals surface area contributed by atoms with Crippen LogP contribution in [-0.4, -0.2) is 40.5 Å². The minimum absolute atomic E-state index is 0.0557. The van der Waals surface area contributed by atoms with Crippen LogP contribution < -0.4 is 0 Å². The molecule has 104 valence electrons. The molecule has 4 heteroatoms. The van der Waals surface area contributed by atoms with Crippen LogP contribution in [0.2, 0.25) is 5.02 Å². The van der Waals surface area contributed by atoms with Gasteiger partial charge in [-0.15, -0.1) is 0 Å². The summed E-state index contributed by atoms with van der Waals surface area (Å²) in [5, 5.41) is 10.7. The molecule has 0 radical (unpaired) electrons. The quantitative estimate of drug-likeness (QED) is 0.866. The van der Waals surface area contributed by atoms with Gasteiger partial charge >= 0.3 is 0 Å². The van der Waals surface area contributed by atoms with E-state index in [1.165, 1.54) is 0 Å². The van der Waals surface area contributed by atoms with Crippen LogP contribution in [0, 0.1) is 0 Å². The Hall–Kier alpha value is -0.900. The first-order valence-corrected chi connectivity index (χ1v) is 7.03. The number of rotatable bonds is 3. The average molecular weight is 282 g/mol. The Kier molecular flexibility index (Phi) is 4.29. The van der Waals surface area contributed by atoms with Crippen LogP contribution >= 0.6 is 11.6 Å². The lowest BCUT2D eigenvalue weighted by Crippen LogP contribution is -2.51. The molecule has 2 rings (SSSR count). The van der Waals surface area contributed by atoms with Crippen molar-refractivity contribution in [2.45, 2.75) is 38.3 Å². The van der Waals surface area contributed by atoms with Crippen LogP contribution in [0.25, 0.3) is 0 Å². The maximum absolute atomic E-state index is 12.4. The van der Waals surface area contributed by atoms with Gasteiger partial charge in [0.2, 0.25) is 0 Å². The number of hydrogen-bond acceptors (Lipinski definition) is 3. The van der Waals surface area contributed by atoms with Gasteiger partial charge in [-0.3, -0.25) is 9.69 Å². The monoisotopic (exact) mass is 281 g/mol. The standard InChI is InChI=1S/C15H20ClNO2/c1-11(17-8-4-7-15(2,19)10-17)14(18)12-5-3-6-13(16)9-12/h3,5-6,9,11,19H,4,7-8,10H2,1-2H3. The summed E-state index contributed by atoms with van der Waals surface area (Å²) in [6.07, 6.45) is 1.71. The van der Waals surface area contributed by atoms with Crippen molar-refractivity contribution >= 4 is 17.4 Å². The smallest absolute Gasteiger partial charge is 0.179 e. The van der Waals surface area contributed by atoms with Crippen LogP contribution in [0.1, 0.15) is 37.0 Å². The number of hydrogen-bond donors (Lipinski definition) is 1. The summed E-state index contributed by atoms with van der Waals surface area (Å²) in [6, 6.07) is 6.80. The van der Waals surface area contributed by atoms with E-state index < -0.39 is 5.60 Å². The lowest BCUT2D eigenvalue weighted by Gasteiger charge is -2.39. The van der Waals surface area contributed by atoms with E-state index in [1.54, 1.807) is 24.3 Å². The molecule has 0 aliphatic carbocycles. The molecule has 2 atom stereocenters. The Balaban J connectivity index is 2.11. The molecule has 19 heavy (non-hydrogen) atoms. The first-order valence-electron chi connectivity index (χ1n) is 6.65. The molecule has 2 unspecified atom stereocenters. The highest BCUT2D eigenvalue weighted by molar-refractivity contribution is 6.31. The van der Waals surface area contributed by atoms with E-state index in [-0.39, 0.29) is 11.8 Å². The highest BCUT2D eigenvalue weighted by Crippen LogP contribution is 2.23. The first kappa shape index (κ1) is 14.5. The van der Waals surface area contributed by atoms with Gasteiger partial charge in [0.05, 0.1) is 11.6 Å². The Morgan fingerprint density at radius 1 is 1.53 bits per heavy atom. The molecule has 0 aromatic heterocycles. The fraction of sp³-hybridized carbons (Fsp3) is 0.533. The topological polar surface area (TPSA) is 40.5 Å². The van der Waals surface area contributed by atoms with E-state index in [4.69, 9.17) is 11.6 Å². The van der Waals surface area contributed by atoms with Crippen molar-refractivity contribution in [1.82, 2.24) is 4.90 Å². The molecule has 1 aromatic carbocycles. The molecule has 0 amide bonds. The minimum atomic E-state index is -0.693. The third-order valence-electron chi connectivity index (χ3n) is 3.74. The fourth-order valence-electron chi connectivity index (χ4n) is 2.64. The van der Waals surface area contributed by atoms with Gasteiger partial charge in [-0.1, -0.05) is 23.7 Å². The Labute approximate surface area is 119 Å². The number of halogens is 1. The molecule has 0 bridgehead atoms. The van der Waals surface area contributed by atoms with Crippen molar-refractivity contribution in [1.29, 1.82) is 0 Å². The number of carbonyl (C=O) groups is 1.